The maximum Gasteiger partial charge on any atom is 0.183 e. The van der Waals surface area contributed by atoms with Crippen molar-refractivity contribution >= 4 is 9.84 Å². The highest BCUT2D eigenvalue weighted by Crippen LogP contribution is 2.41. The summed E-state index contributed by atoms with van der Waals surface area (Å²) < 4.78 is 24.3. The molecule has 1 aliphatic carbocycles. The zero-order chi connectivity index (χ0) is 12.0. The van der Waals surface area contributed by atoms with E-state index in [9.17, 15) is 8.42 Å². The van der Waals surface area contributed by atoms with Gasteiger partial charge >= 0.3 is 0 Å². The smallest absolute Gasteiger partial charge is 0.183 e. The predicted octanol–water partition coefficient (Wildman–Crippen LogP) is 0.197. The fourth-order valence-electron chi connectivity index (χ4n) is 1.81. The summed E-state index contributed by atoms with van der Waals surface area (Å²) in [4.78, 5) is 0.337. The second-order valence-electron chi connectivity index (χ2n) is 4.49. The van der Waals surface area contributed by atoms with Crippen molar-refractivity contribution < 1.29 is 8.42 Å². The summed E-state index contributed by atoms with van der Waals surface area (Å²) in [6.07, 6.45) is 0.458. The SMILES string of the molecule is Cc1ccc(S(=O)(=O)C2CC2(N)CN)cc1. The minimum atomic E-state index is -3.31. The largest absolute Gasteiger partial charge is 0.329 e. The molecule has 5 heteroatoms. The first-order valence-electron chi connectivity index (χ1n) is 5.20. The molecule has 1 aromatic rings. The van der Waals surface area contributed by atoms with Gasteiger partial charge in [-0.1, -0.05) is 17.7 Å². The molecule has 2 atom stereocenters. The van der Waals surface area contributed by atoms with Gasteiger partial charge in [0.2, 0.25) is 0 Å². The molecule has 1 aliphatic rings. The molecule has 1 fully saturated rings. The van der Waals surface area contributed by atoms with Crippen LogP contribution < -0.4 is 11.5 Å². The van der Waals surface area contributed by atoms with Crippen LogP contribution >= 0.6 is 0 Å². The van der Waals surface area contributed by atoms with Gasteiger partial charge in [-0.15, -0.1) is 0 Å². The van der Waals surface area contributed by atoms with E-state index in [-0.39, 0.29) is 6.54 Å². The molecule has 0 saturated heterocycles. The quantitative estimate of drug-likeness (QED) is 0.790. The van der Waals surface area contributed by atoms with E-state index < -0.39 is 20.6 Å². The molecular formula is C11H16N2O2S. The fraction of sp³-hybridized carbons (Fsp3) is 0.455. The summed E-state index contributed by atoms with van der Waals surface area (Å²) in [5.41, 5.74) is 11.6. The van der Waals surface area contributed by atoms with Crippen molar-refractivity contribution in [2.24, 2.45) is 11.5 Å². The fourth-order valence-corrected chi connectivity index (χ4v) is 3.90. The molecular weight excluding hydrogens is 224 g/mol. The van der Waals surface area contributed by atoms with E-state index in [4.69, 9.17) is 11.5 Å². The molecule has 0 aromatic heterocycles. The van der Waals surface area contributed by atoms with Gasteiger partial charge in [0.05, 0.1) is 10.1 Å². The van der Waals surface area contributed by atoms with Gasteiger partial charge in [-0.3, -0.25) is 0 Å². The van der Waals surface area contributed by atoms with E-state index in [2.05, 4.69) is 0 Å². The van der Waals surface area contributed by atoms with Crippen molar-refractivity contribution in [3.8, 4) is 0 Å². The summed E-state index contributed by atoms with van der Waals surface area (Å²) in [5.74, 6) is 0. The Morgan fingerprint density at radius 3 is 2.38 bits per heavy atom. The van der Waals surface area contributed by atoms with Crippen LogP contribution in [0.5, 0.6) is 0 Å². The third-order valence-corrected chi connectivity index (χ3v) is 5.47. The topological polar surface area (TPSA) is 86.2 Å². The highest BCUT2D eigenvalue weighted by atomic mass is 32.2. The lowest BCUT2D eigenvalue weighted by atomic mass is 10.2. The molecule has 2 unspecified atom stereocenters. The number of nitrogens with two attached hydrogens (primary N) is 2. The molecule has 16 heavy (non-hydrogen) atoms. The highest BCUT2D eigenvalue weighted by Gasteiger charge is 2.58. The zero-order valence-corrected chi connectivity index (χ0v) is 10.00. The third kappa shape index (κ3) is 1.75. The summed E-state index contributed by atoms with van der Waals surface area (Å²) in [5, 5.41) is -0.521. The molecule has 0 heterocycles. The van der Waals surface area contributed by atoms with Gasteiger partial charge in [0.1, 0.15) is 0 Å². The minimum Gasteiger partial charge on any atom is -0.329 e. The summed E-state index contributed by atoms with van der Waals surface area (Å²) in [6.45, 7) is 2.13. The van der Waals surface area contributed by atoms with Crippen LogP contribution in [0.1, 0.15) is 12.0 Å². The van der Waals surface area contributed by atoms with Crippen molar-refractivity contribution in [3.63, 3.8) is 0 Å². The Kier molecular flexibility index (Phi) is 2.57. The van der Waals surface area contributed by atoms with Crippen LogP contribution in [0.15, 0.2) is 29.2 Å². The van der Waals surface area contributed by atoms with Gasteiger partial charge in [0.15, 0.2) is 9.84 Å². The molecule has 4 nitrogen and oxygen atoms in total. The number of hydrogen-bond acceptors (Lipinski definition) is 4. The molecule has 1 saturated carbocycles. The van der Waals surface area contributed by atoms with E-state index in [1.807, 2.05) is 6.92 Å². The van der Waals surface area contributed by atoms with Gasteiger partial charge in [0, 0.05) is 12.1 Å². The van der Waals surface area contributed by atoms with Gasteiger partial charge in [-0.25, -0.2) is 8.42 Å². The van der Waals surface area contributed by atoms with Crippen molar-refractivity contribution in [2.75, 3.05) is 6.54 Å². The third-order valence-electron chi connectivity index (χ3n) is 3.15. The number of aryl methyl sites for hydroxylation is 1. The van der Waals surface area contributed by atoms with Crippen molar-refractivity contribution in [3.05, 3.63) is 29.8 Å². The maximum absolute atomic E-state index is 12.1. The van der Waals surface area contributed by atoms with Crippen LogP contribution in [0.25, 0.3) is 0 Å². The van der Waals surface area contributed by atoms with Gasteiger partial charge in [-0.2, -0.15) is 0 Å². The summed E-state index contributed by atoms with van der Waals surface area (Å²) in [7, 11) is -3.31. The lowest BCUT2D eigenvalue weighted by molar-refractivity contribution is 0.586. The van der Waals surface area contributed by atoms with Crippen LogP contribution in [0.2, 0.25) is 0 Å². The second kappa shape index (κ2) is 3.55. The Labute approximate surface area is 95.6 Å². The molecule has 0 aliphatic heterocycles. The summed E-state index contributed by atoms with van der Waals surface area (Å²) in [6, 6.07) is 6.83. The van der Waals surface area contributed by atoms with Gasteiger partial charge in [-0.05, 0) is 25.5 Å². The van der Waals surface area contributed by atoms with Crippen molar-refractivity contribution in [1.29, 1.82) is 0 Å². The van der Waals surface area contributed by atoms with Crippen molar-refractivity contribution in [2.45, 2.75) is 29.0 Å². The minimum absolute atomic E-state index is 0.211. The van der Waals surface area contributed by atoms with E-state index in [1.165, 1.54) is 0 Å². The molecule has 0 spiro atoms. The Balaban J connectivity index is 2.31. The van der Waals surface area contributed by atoms with Gasteiger partial charge in [0.25, 0.3) is 0 Å². The van der Waals surface area contributed by atoms with E-state index in [0.717, 1.165) is 5.56 Å². The van der Waals surface area contributed by atoms with Crippen LogP contribution in [0, 0.1) is 6.92 Å². The average Bonchev–Trinajstić information content (AvgIpc) is 2.93. The average molecular weight is 240 g/mol. The van der Waals surface area contributed by atoms with Crippen LogP contribution in [-0.2, 0) is 9.84 Å². The number of rotatable bonds is 3. The molecule has 2 rings (SSSR count). The van der Waals surface area contributed by atoms with Gasteiger partial charge < -0.3 is 11.5 Å². The van der Waals surface area contributed by atoms with Crippen LogP contribution in [0.4, 0.5) is 0 Å². The van der Waals surface area contributed by atoms with E-state index in [1.54, 1.807) is 24.3 Å². The molecule has 4 N–H and O–H groups in total. The predicted molar refractivity (Wildman–Crippen MR) is 62.7 cm³/mol. The molecule has 0 bridgehead atoms. The first-order chi connectivity index (χ1) is 7.40. The molecule has 0 radical (unpaired) electrons. The second-order valence-corrected chi connectivity index (χ2v) is 6.62. The summed E-state index contributed by atoms with van der Waals surface area (Å²) >= 11 is 0. The number of benzene rings is 1. The maximum atomic E-state index is 12.1. The number of sulfone groups is 1. The standard InChI is InChI=1S/C11H16N2O2S/c1-8-2-4-9(5-3-8)16(14,15)10-6-11(10,13)7-12/h2-5,10H,6-7,12-13H2,1H3. The lowest BCUT2D eigenvalue weighted by Gasteiger charge is -2.09. The highest BCUT2D eigenvalue weighted by molar-refractivity contribution is 7.92. The number of hydrogen-bond donors (Lipinski definition) is 2. The molecule has 88 valence electrons. The van der Waals surface area contributed by atoms with Crippen LogP contribution in [0.3, 0.4) is 0 Å². The Bertz CT molecular complexity index is 495. The van der Waals surface area contributed by atoms with Crippen LogP contribution in [-0.4, -0.2) is 25.8 Å². The molecule has 1 aromatic carbocycles. The molecule has 0 amide bonds. The normalized spacial score (nSPS) is 29.1. The van der Waals surface area contributed by atoms with Crippen molar-refractivity contribution in [1.82, 2.24) is 0 Å². The zero-order valence-electron chi connectivity index (χ0n) is 9.18. The van der Waals surface area contributed by atoms with E-state index in [0.29, 0.717) is 11.3 Å². The Hall–Kier alpha value is -0.910. The first kappa shape index (κ1) is 11.6. The first-order valence-corrected chi connectivity index (χ1v) is 6.74. The lowest BCUT2D eigenvalue weighted by Crippen LogP contribution is -2.38. The monoisotopic (exact) mass is 240 g/mol. The van der Waals surface area contributed by atoms with E-state index >= 15 is 0 Å². The Morgan fingerprint density at radius 2 is 1.94 bits per heavy atom. The Morgan fingerprint density at radius 1 is 1.38 bits per heavy atom.